The lowest BCUT2D eigenvalue weighted by Gasteiger charge is -2.24. The van der Waals surface area contributed by atoms with Crippen molar-refractivity contribution in [2.75, 3.05) is 13.2 Å². The van der Waals surface area contributed by atoms with Crippen molar-refractivity contribution < 1.29 is 13.9 Å². The van der Waals surface area contributed by atoms with Crippen LogP contribution in [0.5, 0.6) is 5.75 Å². The second kappa shape index (κ2) is 8.10. The molecule has 2 aromatic heterocycles. The zero-order valence-corrected chi connectivity index (χ0v) is 16.1. The molecule has 0 amide bonds. The molecule has 0 radical (unpaired) electrons. The first-order valence-electron chi connectivity index (χ1n) is 9.67. The number of benzene rings is 1. The fourth-order valence-corrected chi connectivity index (χ4v) is 3.27. The highest BCUT2D eigenvalue weighted by Gasteiger charge is 2.27. The fraction of sp³-hybridized carbons (Fsp3) is 0.364. The zero-order chi connectivity index (χ0) is 20.4. The summed E-state index contributed by atoms with van der Waals surface area (Å²) in [5, 5.41) is 18.7. The van der Waals surface area contributed by atoms with Crippen LogP contribution in [0.1, 0.15) is 43.2 Å². The molecular formula is C22H22FN3O3. The van der Waals surface area contributed by atoms with Gasteiger partial charge in [0.15, 0.2) is 5.76 Å². The number of hydrogen-bond acceptors (Lipinski definition) is 5. The van der Waals surface area contributed by atoms with Gasteiger partial charge in [0.05, 0.1) is 17.7 Å². The van der Waals surface area contributed by atoms with Gasteiger partial charge in [-0.3, -0.25) is 14.8 Å². The molecule has 1 saturated carbocycles. The van der Waals surface area contributed by atoms with Crippen molar-refractivity contribution in [1.29, 1.82) is 0 Å². The van der Waals surface area contributed by atoms with Crippen LogP contribution in [0.15, 0.2) is 45.9 Å². The van der Waals surface area contributed by atoms with E-state index in [0.717, 1.165) is 22.5 Å². The summed E-state index contributed by atoms with van der Waals surface area (Å²) < 4.78 is 19.9. The number of aromatic hydroxyl groups is 1. The van der Waals surface area contributed by atoms with E-state index in [4.69, 9.17) is 4.42 Å². The van der Waals surface area contributed by atoms with Gasteiger partial charge in [0.1, 0.15) is 12.8 Å². The Bertz CT molecular complexity index is 1140. The molecule has 7 heteroatoms. The Morgan fingerprint density at radius 2 is 2.24 bits per heavy atom. The van der Waals surface area contributed by atoms with Gasteiger partial charge < -0.3 is 9.52 Å². The van der Waals surface area contributed by atoms with Gasteiger partial charge >= 0.3 is 0 Å². The van der Waals surface area contributed by atoms with Crippen LogP contribution in [0.4, 0.5) is 4.39 Å². The maximum atomic E-state index is 12.9. The van der Waals surface area contributed by atoms with E-state index >= 15 is 0 Å². The quantitative estimate of drug-likeness (QED) is 0.626. The maximum Gasteiger partial charge on any atom is 0.226 e. The molecule has 1 unspecified atom stereocenters. The topological polar surface area (TPSA) is 80.3 Å². The standard InChI is InChI=1S/C22H22FN3O3/c1-14(21-20(28)19(27)8-11-29-21)22(24-10-9-23)26-13-17-12-16(5-4-15-2-3-15)6-7-18(17)25-26/h6-8,11-15,22,24,28H,2-3,9-10H2,1H3/t14?,22-/m0/s1. The van der Waals surface area contributed by atoms with Gasteiger partial charge in [0, 0.05) is 35.7 Å². The lowest BCUT2D eigenvalue weighted by atomic mass is 10.0. The van der Waals surface area contributed by atoms with Crippen LogP contribution in [0.3, 0.4) is 0 Å². The molecule has 150 valence electrons. The zero-order valence-electron chi connectivity index (χ0n) is 16.1. The summed E-state index contributed by atoms with van der Waals surface area (Å²) in [4.78, 5) is 11.8. The van der Waals surface area contributed by atoms with E-state index in [1.165, 1.54) is 19.1 Å². The second-order valence-corrected chi connectivity index (χ2v) is 7.30. The largest absolute Gasteiger partial charge is 0.502 e. The monoisotopic (exact) mass is 395 g/mol. The molecule has 2 heterocycles. The Morgan fingerprint density at radius 1 is 1.41 bits per heavy atom. The number of nitrogens with zero attached hydrogens (tertiary/aromatic N) is 2. The first kappa shape index (κ1) is 19.2. The van der Waals surface area contributed by atoms with Gasteiger partial charge in [-0.05, 0) is 31.0 Å². The molecule has 0 spiro atoms. The normalized spacial score (nSPS) is 15.7. The summed E-state index contributed by atoms with van der Waals surface area (Å²) in [5.41, 5.74) is 1.18. The molecule has 1 fully saturated rings. The van der Waals surface area contributed by atoms with Crippen molar-refractivity contribution in [3.05, 3.63) is 58.3 Å². The average Bonchev–Trinajstić information content (AvgIpc) is 3.46. The molecule has 6 nitrogen and oxygen atoms in total. The molecule has 1 aliphatic rings. The number of halogens is 1. The maximum absolute atomic E-state index is 12.9. The molecule has 4 rings (SSSR count). The van der Waals surface area contributed by atoms with Gasteiger partial charge in [0.25, 0.3) is 0 Å². The van der Waals surface area contributed by atoms with Crippen molar-refractivity contribution in [3.8, 4) is 17.6 Å². The van der Waals surface area contributed by atoms with E-state index in [2.05, 4.69) is 22.3 Å². The third kappa shape index (κ3) is 4.17. The fourth-order valence-electron chi connectivity index (χ4n) is 3.27. The Balaban J connectivity index is 1.68. The minimum absolute atomic E-state index is 0.0984. The van der Waals surface area contributed by atoms with Crippen LogP contribution in [-0.4, -0.2) is 28.1 Å². The predicted molar refractivity (Wildman–Crippen MR) is 107 cm³/mol. The number of aromatic nitrogens is 2. The first-order chi connectivity index (χ1) is 14.1. The summed E-state index contributed by atoms with van der Waals surface area (Å²) in [6.07, 6.45) is 4.92. The minimum atomic E-state index is -0.560. The highest BCUT2D eigenvalue weighted by Crippen LogP contribution is 2.31. The Morgan fingerprint density at radius 3 is 3.00 bits per heavy atom. The molecular weight excluding hydrogens is 373 g/mol. The third-order valence-electron chi connectivity index (χ3n) is 5.02. The van der Waals surface area contributed by atoms with Crippen LogP contribution in [0.25, 0.3) is 10.9 Å². The van der Waals surface area contributed by atoms with Crippen molar-refractivity contribution in [3.63, 3.8) is 0 Å². The molecule has 0 aliphatic heterocycles. The van der Waals surface area contributed by atoms with E-state index < -0.39 is 29.9 Å². The third-order valence-corrected chi connectivity index (χ3v) is 5.02. The van der Waals surface area contributed by atoms with Crippen LogP contribution < -0.4 is 10.7 Å². The van der Waals surface area contributed by atoms with Crippen molar-refractivity contribution in [2.45, 2.75) is 31.8 Å². The highest BCUT2D eigenvalue weighted by atomic mass is 19.1. The van der Waals surface area contributed by atoms with Gasteiger partial charge in [-0.2, -0.15) is 5.10 Å². The van der Waals surface area contributed by atoms with Gasteiger partial charge in [-0.1, -0.05) is 18.8 Å². The summed E-state index contributed by atoms with van der Waals surface area (Å²) in [6, 6.07) is 6.97. The molecule has 2 N–H and O–H groups in total. The van der Waals surface area contributed by atoms with Crippen LogP contribution in [0.2, 0.25) is 0 Å². The number of alkyl halides is 1. The first-order valence-corrected chi connectivity index (χ1v) is 9.67. The Hall–Kier alpha value is -3.11. The molecule has 2 atom stereocenters. The van der Waals surface area contributed by atoms with E-state index in [1.807, 2.05) is 24.4 Å². The molecule has 29 heavy (non-hydrogen) atoms. The smallest absolute Gasteiger partial charge is 0.226 e. The molecule has 1 aliphatic carbocycles. The summed E-state index contributed by atoms with van der Waals surface area (Å²) in [6.45, 7) is 1.32. The Kier molecular flexibility index (Phi) is 5.36. The second-order valence-electron chi connectivity index (χ2n) is 7.30. The van der Waals surface area contributed by atoms with Gasteiger partial charge in [-0.15, -0.1) is 0 Å². The number of rotatable bonds is 6. The summed E-state index contributed by atoms with van der Waals surface area (Å²) in [7, 11) is 0. The van der Waals surface area contributed by atoms with Crippen molar-refractivity contribution in [1.82, 2.24) is 15.1 Å². The Labute approximate surface area is 167 Å². The van der Waals surface area contributed by atoms with Crippen LogP contribution >= 0.6 is 0 Å². The van der Waals surface area contributed by atoms with Crippen molar-refractivity contribution >= 4 is 10.9 Å². The predicted octanol–water partition coefficient (Wildman–Crippen LogP) is 3.32. The molecule has 0 bridgehead atoms. The molecule has 1 aromatic carbocycles. The van der Waals surface area contributed by atoms with E-state index in [1.54, 1.807) is 11.6 Å². The van der Waals surface area contributed by atoms with Gasteiger partial charge in [0.2, 0.25) is 11.2 Å². The number of fused-ring (bicyclic) bond motifs is 1. The molecule has 0 saturated heterocycles. The summed E-state index contributed by atoms with van der Waals surface area (Å²) >= 11 is 0. The van der Waals surface area contributed by atoms with E-state index in [-0.39, 0.29) is 12.3 Å². The average molecular weight is 395 g/mol. The summed E-state index contributed by atoms with van der Waals surface area (Å²) in [5.74, 6) is 6.18. The number of nitrogens with one attached hydrogen (secondary N) is 1. The van der Waals surface area contributed by atoms with E-state index in [9.17, 15) is 14.3 Å². The van der Waals surface area contributed by atoms with Crippen LogP contribution in [-0.2, 0) is 0 Å². The lowest BCUT2D eigenvalue weighted by molar-refractivity contribution is 0.270. The van der Waals surface area contributed by atoms with Gasteiger partial charge in [-0.25, -0.2) is 4.39 Å². The molecule has 3 aromatic rings. The number of hydrogen-bond donors (Lipinski definition) is 2. The van der Waals surface area contributed by atoms with E-state index in [0.29, 0.717) is 5.92 Å². The van der Waals surface area contributed by atoms with Crippen molar-refractivity contribution in [2.24, 2.45) is 5.92 Å². The van der Waals surface area contributed by atoms with Crippen LogP contribution in [0, 0.1) is 17.8 Å². The SMILES string of the molecule is CC(c1occc(=O)c1O)[C@@H](NCCF)n1cc2cc(C#CC3CC3)ccc2n1. The minimum Gasteiger partial charge on any atom is -0.502 e. The highest BCUT2D eigenvalue weighted by molar-refractivity contribution is 5.79. The lowest BCUT2D eigenvalue weighted by Crippen LogP contribution is -2.33.